The van der Waals surface area contributed by atoms with Crippen molar-refractivity contribution in [2.24, 2.45) is 0 Å². The Hall–Kier alpha value is -1.39. The van der Waals surface area contributed by atoms with E-state index in [9.17, 15) is 4.39 Å². The normalized spacial score (nSPS) is 18.1. The molecule has 0 amide bonds. The number of hydrogen-bond acceptors (Lipinski definition) is 2. The van der Waals surface area contributed by atoms with E-state index >= 15 is 0 Å². The van der Waals surface area contributed by atoms with Gasteiger partial charge in [-0.1, -0.05) is 31.2 Å². The van der Waals surface area contributed by atoms with Crippen LogP contribution in [0.1, 0.15) is 24.1 Å². The van der Waals surface area contributed by atoms with Gasteiger partial charge in [0.05, 0.1) is 10.5 Å². The molecule has 2 nitrogen and oxygen atoms in total. The SMILES string of the molecule is CCNC(c1ccc(F)c(Br)c1)C1Cc2ccccc2O1. The fourth-order valence-electron chi connectivity index (χ4n) is 2.78. The zero-order valence-electron chi connectivity index (χ0n) is 11.8. The molecule has 0 fully saturated rings. The van der Waals surface area contributed by atoms with E-state index < -0.39 is 0 Å². The molecule has 0 aliphatic carbocycles. The first-order chi connectivity index (χ1) is 10.2. The number of ether oxygens (including phenoxy) is 1. The van der Waals surface area contributed by atoms with Gasteiger partial charge in [-0.3, -0.25) is 0 Å². The molecule has 4 heteroatoms. The lowest BCUT2D eigenvalue weighted by Gasteiger charge is -2.25. The summed E-state index contributed by atoms with van der Waals surface area (Å²) in [4.78, 5) is 0. The molecule has 1 aliphatic rings. The van der Waals surface area contributed by atoms with Crippen LogP contribution in [-0.2, 0) is 6.42 Å². The maximum Gasteiger partial charge on any atom is 0.137 e. The Morgan fingerprint density at radius 1 is 1.33 bits per heavy atom. The third kappa shape index (κ3) is 2.97. The molecule has 0 saturated carbocycles. The molecular formula is C17H17BrFNO. The van der Waals surface area contributed by atoms with Crippen LogP contribution < -0.4 is 10.1 Å². The largest absolute Gasteiger partial charge is 0.488 e. The van der Waals surface area contributed by atoms with Gasteiger partial charge in [-0.25, -0.2) is 4.39 Å². The first kappa shape index (κ1) is 14.5. The average Bonchev–Trinajstić information content (AvgIpc) is 2.91. The van der Waals surface area contributed by atoms with E-state index in [2.05, 4.69) is 34.2 Å². The molecule has 0 aromatic heterocycles. The van der Waals surface area contributed by atoms with Gasteiger partial charge in [0.15, 0.2) is 0 Å². The summed E-state index contributed by atoms with van der Waals surface area (Å²) in [5, 5.41) is 3.45. The Balaban J connectivity index is 1.87. The number of likely N-dealkylation sites (N-methyl/N-ethyl adjacent to an activating group) is 1. The number of benzene rings is 2. The molecule has 2 aromatic carbocycles. The zero-order valence-corrected chi connectivity index (χ0v) is 13.4. The molecule has 1 N–H and O–H groups in total. The summed E-state index contributed by atoms with van der Waals surface area (Å²) in [7, 11) is 0. The van der Waals surface area contributed by atoms with Gasteiger partial charge in [0.1, 0.15) is 17.7 Å². The minimum absolute atomic E-state index is 0.0275. The second-order valence-corrected chi connectivity index (χ2v) is 6.03. The predicted molar refractivity (Wildman–Crippen MR) is 85.1 cm³/mol. The molecule has 2 atom stereocenters. The van der Waals surface area contributed by atoms with Crippen molar-refractivity contribution in [3.8, 4) is 5.75 Å². The lowest BCUT2D eigenvalue weighted by Crippen LogP contribution is -2.34. The third-order valence-electron chi connectivity index (χ3n) is 3.77. The van der Waals surface area contributed by atoms with E-state index in [1.807, 2.05) is 30.3 Å². The van der Waals surface area contributed by atoms with Gasteiger partial charge in [0.2, 0.25) is 0 Å². The van der Waals surface area contributed by atoms with Crippen LogP contribution in [0.15, 0.2) is 46.9 Å². The molecule has 0 spiro atoms. The molecule has 1 heterocycles. The smallest absolute Gasteiger partial charge is 0.137 e. The molecule has 1 aliphatic heterocycles. The van der Waals surface area contributed by atoms with E-state index in [1.54, 1.807) is 0 Å². The van der Waals surface area contributed by atoms with Crippen molar-refractivity contribution in [2.45, 2.75) is 25.5 Å². The minimum Gasteiger partial charge on any atom is -0.488 e. The second-order valence-electron chi connectivity index (χ2n) is 5.18. The summed E-state index contributed by atoms with van der Waals surface area (Å²) in [5.74, 6) is 0.705. The van der Waals surface area contributed by atoms with Crippen LogP contribution in [0.25, 0.3) is 0 Å². The van der Waals surface area contributed by atoms with Crippen molar-refractivity contribution < 1.29 is 9.13 Å². The van der Waals surface area contributed by atoms with Gasteiger partial charge in [0, 0.05) is 6.42 Å². The highest BCUT2D eigenvalue weighted by atomic mass is 79.9. The highest BCUT2D eigenvalue weighted by Crippen LogP contribution is 2.34. The first-order valence-electron chi connectivity index (χ1n) is 7.12. The van der Waals surface area contributed by atoms with Crippen LogP contribution in [0, 0.1) is 5.82 Å². The number of para-hydroxylation sites is 1. The predicted octanol–water partition coefficient (Wildman–Crippen LogP) is 4.24. The van der Waals surface area contributed by atoms with E-state index in [-0.39, 0.29) is 18.0 Å². The maximum absolute atomic E-state index is 13.4. The van der Waals surface area contributed by atoms with Crippen LogP contribution in [-0.4, -0.2) is 12.6 Å². The molecule has 2 aromatic rings. The molecule has 0 radical (unpaired) electrons. The van der Waals surface area contributed by atoms with E-state index in [0.29, 0.717) is 4.47 Å². The number of nitrogens with one attached hydrogen (secondary N) is 1. The van der Waals surface area contributed by atoms with Crippen LogP contribution >= 0.6 is 15.9 Å². The van der Waals surface area contributed by atoms with Gasteiger partial charge in [-0.2, -0.15) is 0 Å². The van der Waals surface area contributed by atoms with Gasteiger partial charge in [0.25, 0.3) is 0 Å². The quantitative estimate of drug-likeness (QED) is 0.891. The van der Waals surface area contributed by atoms with Gasteiger partial charge in [-0.15, -0.1) is 0 Å². The van der Waals surface area contributed by atoms with E-state index in [0.717, 1.165) is 24.3 Å². The van der Waals surface area contributed by atoms with Crippen molar-refractivity contribution in [3.63, 3.8) is 0 Å². The molecule has 0 saturated heterocycles. The number of halogens is 2. The van der Waals surface area contributed by atoms with Crippen molar-refractivity contribution in [3.05, 3.63) is 63.9 Å². The lowest BCUT2D eigenvalue weighted by atomic mass is 9.97. The summed E-state index contributed by atoms with van der Waals surface area (Å²) in [5.41, 5.74) is 2.26. The Morgan fingerprint density at radius 3 is 2.86 bits per heavy atom. The highest BCUT2D eigenvalue weighted by Gasteiger charge is 2.31. The Morgan fingerprint density at radius 2 is 2.14 bits per heavy atom. The summed E-state index contributed by atoms with van der Waals surface area (Å²) >= 11 is 3.26. The monoisotopic (exact) mass is 349 g/mol. The summed E-state index contributed by atoms with van der Waals surface area (Å²) in [6.45, 7) is 2.89. The van der Waals surface area contributed by atoms with Crippen LogP contribution in [0.2, 0.25) is 0 Å². The molecule has 110 valence electrons. The Labute approximate surface area is 132 Å². The average molecular weight is 350 g/mol. The minimum atomic E-state index is -0.246. The molecule has 0 bridgehead atoms. The van der Waals surface area contributed by atoms with E-state index in [1.165, 1.54) is 11.6 Å². The first-order valence-corrected chi connectivity index (χ1v) is 7.91. The molecular weight excluding hydrogens is 333 g/mol. The molecule has 2 unspecified atom stereocenters. The summed E-state index contributed by atoms with van der Waals surface area (Å²) < 4.78 is 20.0. The fraction of sp³-hybridized carbons (Fsp3) is 0.294. The van der Waals surface area contributed by atoms with Gasteiger partial charge in [-0.05, 0) is 51.8 Å². The van der Waals surface area contributed by atoms with Crippen LogP contribution in [0.5, 0.6) is 5.75 Å². The fourth-order valence-corrected chi connectivity index (χ4v) is 3.18. The topological polar surface area (TPSA) is 21.3 Å². The number of fused-ring (bicyclic) bond motifs is 1. The summed E-state index contributed by atoms with van der Waals surface area (Å²) in [6, 6.07) is 13.3. The van der Waals surface area contributed by atoms with Crippen molar-refractivity contribution >= 4 is 15.9 Å². The highest BCUT2D eigenvalue weighted by molar-refractivity contribution is 9.10. The Kier molecular flexibility index (Phi) is 4.27. The number of hydrogen-bond donors (Lipinski definition) is 1. The standard InChI is InChI=1S/C17H17BrFNO/c1-2-20-17(12-7-8-14(19)13(18)9-12)16-10-11-5-3-4-6-15(11)21-16/h3-9,16-17,20H,2,10H2,1H3. The second kappa shape index (κ2) is 6.16. The van der Waals surface area contributed by atoms with Gasteiger partial charge < -0.3 is 10.1 Å². The molecule has 3 rings (SSSR count). The van der Waals surface area contributed by atoms with Crippen LogP contribution in [0.3, 0.4) is 0 Å². The lowest BCUT2D eigenvalue weighted by molar-refractivity contribution is 0.179. The van der Waals surface area contributed by atoms with Crippen molar-refractivity contribution in [1.82, 2.24) is 5.32 Å². The zero-order chi connectivity index (χ0) is 14.8. The summed E-state index contributed by atoms with van der Waals surface area (Å²) in [6.07, 6.45) is 0.891. The Bertz CT molecular complexity index is 621. The van der Waals surface area contributed by atoms with Crippen LogP contribution in [0.4, 0.5) is 4.39 Å². The van der Waals surface area contributed by atoms with Gasteiger partial charge >= 0.3 is 0 Å². The number of rotatable bonds is 4. The maximum atomic E-state index is 13.4. The van der Waals surface area contributed by atoms with Crippen molar-refractivity contribution in [2.75, 3.05) is 6.54 Å². The van der Waals surface area contributed by atoms with E-state index in [4.69, 9.17) is 4.74 Å². The molecule has 21 heavy (non-hydrogen) atoms. The van der Waals surface area contributed by atoms with Crippen molar-refractivity contribution in [1.29, 1.82) is 0 Å². The third-order valence-corrected chi connectivity index (χ3v) is 4.38.